The molecule has 2 aromatic rings. The second kappa shape index (κ2) is 18.4. The summed E-state index contributed by atoms with van der Waals surface area (Å²) < 4.78 is 0. The van der Waals surface area contributed by atoms with Gasteiger partial charge in [-0.05, 0) is 74.9 Å². The summed E-state index contributed by atoms with van der Waals surface area (Å²) in [5.74, 6) is -0.240. The Balaban J connectivity index is 0.00000127. The van der Waals surface area contributed by atoms with Gasteiger partial charge in [0.1, 0.15) is 11.5 Å². The molecule has 0 amide bonds. The van der Waals surface area contributed by atoms with Crippen LogP contribution < -0.4 is 0 Å². The van der Waals surface area contributed by atoms with Crippen molar-refractivity contribution in [1.29, 1.82) is 5.16 Å². The summed E-state index contributed by atoms with van der Waals surface area (Å²) in [6.07, 6.45) is 7.85. The van der Waals surface area contributed by atoms with Gasteiger partial charge in [-0.3, -0.25) is 19.9 Å². The third-order valence-corrected chi connectivity index (χ3v) is 6.59. The zero-order valence-electron chi connectivity index (χ0n) is 21.8. The first kappa shape index (κ1) is 35.2. The van der Waals surface area contributed by atoms with E-state index in [-0.39, 0.29) is 36.5 Å². The van der Waals surface area contributed by atoms with Crippen LogP contribution in [0.3, 0.4) is 0 Å². The number of aromatic hydroxyl groups is 2. The topological polar surface area (TPSA) is 126 Å². The molecule has 0 spiro atoms. The number of carboxylic acid groups (broad SMARTS) is 1. The van der Waals surface area contributed by atoms with E-state index < -0.39 is 5.97 Å². The second-order valence-corrected chi connectivity index (χ2v) is 11.8. The van der Waals surface area contributed by atoms with Gasteiger partial charge in [-0.1, -0.05) is 36.2 Å². The van der Waals surface area contributed by atoms with Crippen LogP contribution >= 0.6 is 26.9 Å². The molecule has 205 valence electrons. The summed E-state index contributed by atoms with van der Waals surface area (Å²) in [5, 5.41) is 34.3. The first-order valence-corrected chi connectivity index (χ1v) is 15.3. The average molecular weight is 611 g/mol. The summed E-state index contributed by atoms with van der Waals surface area (Å²) in [6.45, 7) is 8.94. The third kappa shape index (κ3) is 13.0. The van der Waals surface area contributed by atoms with E-state index in [0.717, 1.165) is 66.0 Å². The predicted molar refractivity (Wildman–Crippen MR) is 154 cm³/mol. The minimum atomic E-state index is -0.833. The first-order valence-electron chi connectivity index (χ1n) is 11.6. The number of carboxylic acids is 1. The smallest absolute Gasteiger partial charge is 0.300 e. The van der Waals surface area contributed by atoms with Crippen LogP contribution in [-0.4, -0.2) is 45.8 Å². The Morgan fingerprint density at radius 3 is 1.57 bits per heavy atom. The van der Waals surface area contributed by atoms with Crippen molar-refractivity contribution in [2.24, 2.45) is 9.98 Å². The Labute approximate surface area is 238 Å². The van der Waals surface area contributed by atoms with Crippen LogP contribution in [0.2, 0.25) is 0 Å². The van der Waals surface area contributed by atoms with Gasteiger partial charge in [-0.25, -0.2) is 0 Å². The maximum atomic E-state index is 10.3. The van der Waals surface area contributed by atoms with Crippen molar-refractivity contribution < 1.29 is 36.9 Å². The van der Waals surface area contributed by atoms with E-state index in [1.807, 2.05) is 52.0 Å². The Kier molecular flexibility index (Phi) is 17.5. The van der Waals surface area contributed by atoms with Crippen molar-refractivity contribution in [2.75, 3.05) is 0 Å². The third-order valence-electron chi connectivity index (χ3n) is 5.50. The number of aryl methyl sites for hydroxylation is 4. The molecule has 4 N–H and O–H groups in total. The number of phenolic OH excluding ortho intramolecular Hbond substituents is 2. The van der Waals surface area contributed by atoms with Crippen LogP contribution in [-0.2, 0) is 21.6 Å². The van der Waals surface area contributed by atoms with Crippen molar-refractivity contribution in [3.63, 3.8) is 0 Å². The van der Waals surface area contributed by atoms with E-state index in [1.165, 1.54) is 0 Å². The number of carbonyl (C=O) groups is 1. The van der Waals surface area contributed by atoms with E-state index in [2.05, 4.69) is 0 Å². The molecule has 0 saturated heterocycles. The number of halogens is 1. The molecule has 0 aliphatic heterocycles. The van der Waals surface area contributed by atoms with Gasteiger partial charge in [0, 0.05) is 62.9 Å². The Bertz CT molecular complexity index is 1020. The number of hydrogen-bond donors (Lipinski definition) is 4. The molecule has 0 heterocycles. The van der Waals surface area contributed by atoms with Gasteiger partial charge in [0.25, 0.3) is 5.97 Å². The Morgan fingerprint density at radius 1 is 0.946 bits per heavy atom. The maximum absolute atomic E-state index is 10.3. The Hall–Kier alpha value is -1.82. The summed E-state index contributed by atoms with van der Waals surface area (Å²) >= 11 is 5.01. The normalized spacial score (nSPS) is 17.2. The van der Waals surface area contributed by atoms with Crippen molar-refractivity contribution >= 4 is 45.3 Å². The molecule has 2 aromatic carbocycles. The molecule has 1 fully saturated rings. The van der Waals surface area contributed by atoms with Crippen molar-refractivity contribution in [2.45, 2.75) is 72.4 Å². The van der Waals surface area contributed by atoms with Gasteiger partial charge in [-0.15, -0.1) is 0 Å². The molecular weight excluding hydrogens is 575 g/mol. The number of rotatable bonds is 5. The second-order valence-electron chi connectivity index (χ2n) is 8.73. The molecule has 1 radical (unpaired) electrons. The molecule has 1 saturated carbocycles. The van der Waals surface area contributed by atoms with Crippen molar-refractivity contribution in [3.05, 3.63) is 57.6 Å². The quantitative estimate of drug-likeness (QED) is 0.204. The summed E-state index contributed by atoms with van der Waals surface area (Å²) in [6, 6.07) is 8.05. The zero-order chi connectivity index (χ0) is 27.3. The van der Waals surface area contributed by atoms with Gasteiger partial charge in [0.15, 0.2) is 0 Å². The molecule has 3 rings (SSSR count). The van der Waals surface area contributed by atoms with E-state index >= 15 is 0 Å². The van der Waals surface area contributed by atoms with Crippen molar-refractivity contribution in [3.8, 4) is 11.5 Å². The number of nitrogens with one attached hydrogen (secondary N) is 1. The predicted octanol–water partition coefficient (Wildman–Crippen LogP) is 7.71. The number of phenols is 2. The summed E-state index contributed by atoms with van der Waals surface area (Å²) in [4.78, 5) is 18.6. The van der Waals surface area contributed by atoms with Gasteiger partial charge in [0.2, 0.25) is 0 Å². The molecule has 1 aliphatic rings. The molecule has 1 aliphatic carbocycles. The van der Waals surface area contributed by atoms with Crippen molar-refractivity contribution in [1.82, 2.24) is 0 Å². The Morgan fingerprint density at radius 2 is 1.27 bits per heavy atom. The summed E-state index contributed by atoms with van der Waals surface area (Å²) in [5.41, 5.74) is 5.48. The molecule has 37 heavy (non-hydrogen) atoms. The van der Waals surface area contributed by atoms with E-state index in [9.17, 15) is 10.2 Å². The van der Waals surface area contributed by atoms with Crippen LogP contribution in [0.5, 0.6) is 11.5 Å². The minimum Gasteiger partial charge on any atom is -0.507 e. The number of hydrogen-bond acceptors (Lipinski definition) is 6. The van der Waals surface area contributed by atoms with Crippen LogP contribution in [0.25, 0.3) is 0 Å². The van der Waals surface area contributed by atoms with Gasteiger partial charge in [0.05, 0.1) is 12.1 Å². The molecule has 1 unspecified atom stereocenters. The summed E-state index contributed by atoms with van der Waals surface area (Å²) in [7, 11) is 0.793. The zero-order valence-corrected chi connectivity index (χ0v) is 25.4. The van der Waals surface area contributed by atoms with Crippen LogP contribution in [0.1, 0.15) is 66.0 Å². The minimum absolute atomic E-state index is 0. The molecular formula is C26H36ClCoN3O4P2. The maximum Gasteiger partial charge on any atom is 0.300 e. The molecule has 0 bridgehead atoms. The van der Waals surface area contributed by atoms with Crippen LogP contribution in [0, 0.1) is 32.9 Å². The average Bonchev–Trinajstić information content (AvgIpc) is 2.82. The van der Waals surface area contributed by atoms with E-state index in [0.29, 0.717) is 19.6 Å². The van der Waals surface area contributed by atoms with Gasteiger partial charge in [-0.2, -0.15) is 0 Å². The van der Waals surface area contributed by atoms with Gasteiger partial charge >= 0.3 is 0 Å². The van der Waals surface area contributed by atoms with Crippen LogP contribution in [0.15, 0.2) is 34.3 Å². The SMILES string of the molecule is CC(=O)O.Cc1cc(C)c(O)c(C=N[C@@H]2CCCC[C@H]2N=Cc2cc(C)cc(C)c2O)c1.N=PPCl.[Co]. The molecule has 7 nitrogen and oxygen atoms in total. The number of benzene rings is 2. The van der Waals surface area contributed by atoms with E-state index in [4.69, 9.17) is 36.3 Å². The largest absolute Gasteiger partial charge is 0.507 e. The monoisotopic (exact) mass is 610 g/mol. The van der Waals surface area contributed by atoms with Crippen LogP contribution in [0.4, 0.5) is 0 Å². The fourth-order valence-corrected chi connectivity index (χ4v) is 3.97. The number of aliphatic carboxylic acids is 1. The van der Waals surface area contributed by atoms with Gasteiger partial charge < -0.3 is 15.3 Å². The number of aliphatic imine (C=N–C) groups is 2. The van der Waals surface area contributed by atoms with E-state index in [1.54, 1.807) is 12.4 Å². The fraction of sp³-hybridized carbons (Fsp3) is 0.423. The number of nitrogens with zero attached hydrogens (tertiary/aromatic N) is 2. The standard InChI is InChI=1S/C24H30N2O2.C2H4O2.ClH2NP2.Co/c1-15-9-17(3)23(27)19(11-15)13-25-21-7-5-6-8-22(21)26-14-20-12-16(2)10-18(4)24(20)28;1-2(3)4;1-3-4-2;/h9-14,21-22,27-28H,5-8H2,1-4H3;1H3,(H,3,4);2-3H;/t21-,22-;;;/m1.../s1. The molecule has 11 heteroatoms. The molecule has 3 atom stereocenters. The molecule has 0 aromatic heterocycles. The first-order chi connectivity index (χ1) is 17.0. The fourth-order valence-electron chi connectivity index (χ4n) is 3.97.